The lowest BCUT2D eigenvalue weighted by Crippen LogP contribution is -2.04. The molecule has 1 atom stereocenters. The van der Waals surface area contributed by atoms with Crippen LogP contribution in [-0.4, -0.2) is 18.9 Å². The summed E-state index contributed by atoms with van der Waals surface area (Å²) in [6, 6.07) is 7.48. The van der Waals surface area contributed by atoms with Crippen molar-refractivity contribution < 1.29 is 14.3 Å². The number of aldehydes is 1. The highest BCUT2D eigenvalue weighted by atomic mass is 32.2. The third kappa shape index (κ3) is 2.82. The van der Waals surface area contributed by atoms with Gasteiger partial charge < -0.3 is 4.74 Å². The van der Waals surface area contributed by atoms with Crippen LogP contribution >= 0.6 is 11.8 Å². The Balaban J connectivity index is 2.06. The maximum atomic E-state index is 11.6. The first-order valence-electron chi connectivity index (χ1n) is 5.83. The van der Waals surface area contributed by atoms with Crippen LogP contribution in [0.1, 0.15) is 34.5 Å². The number of benzene rings is 1. The second-order valence-electron chi connectivity index (χ2n) is 3.92. The number of esters is 1. The normalized spacial score (nSPS) is 18.3. The van der Waals surface area contributed by atoms with E-state index in [4.69, 9.17) is 4.74 Å². The molecule has 1 aromatic carbocycles. The number of hydrogen-bond donors (Lipinski definition) is 0. The molecule has 0 aliphatic carbocycles. The van der Waals surface area contributed by atoms with Crippen molar-refractivity contribution in [3.8, 4) is 0 Å². The lowest BCUT2D eigenvalue weighted by Gasteiger charge is -2.10. The van der Waals surface area contributed by atoms with Crippen LogP contribution in [-0.2, 0) is 9.53 Å². The average molecular weight is 262 g/mol. The van der Waals surface area contributed by atoms with Gasteiger partial charge in [0.15, 0.2) is 0 Å². The molecule has 2 rings (SSSR count). The van der Waals surface area contributed by atoms with Crippen molar-refractivity contribution in [3.63, 3.8) is 0 Å². The molecule has 0 amide bonds. The Morgan fingerprint density at radius 1 is 1.56 bits per heavy atom. The van der Waals surface area contributed by atoms with Crippen LogP contribution < -0.4 is 0 Å². The van der Waals surface area contributed by atoms with Gasteiger partial charge in [0, 0.05) is 10.8 Å². The van der Waals surface area contributed by atoms with E-state index in [1.807, 2.05) is 24.3 Å². The number of carbonyl (C=O) groups excluding carboxylic acids is 2. The number of allylic oxidation sites excluding steroid dienone is 1. The van der Waals surface area contributed by atoms with Crippen molar-refractivity contribution in [3.05, 3.63) is 46.4 Å². The van der Waals surface area contributed by atoms with Gasteiger partial charge in [-0.15, -0.1) is 11.8 Å². The van der Waals surface area contributed by atoms with E-state index in [1.54, 1.807) is 13.0 Å². The highest BCUT2D eigenvalue weighted by molar-refractivity contribution is 8.04. The Kier molecular flexibility index (Phi) is 4.20. The second kappa shape index (κ2) is 5.87. The van der Waals surface area contributed by atoms with Crippen molar-refractivity contribution in [1.82, 2.24) is 0 Å². The van der Waals surface area contributed by atoms with Gasteiger partial charge in [-0.3, -0.25) is 4.79 Å². The zero-order valence-electron chi connectivity index (χ0n) is 10.1. The summed E-state index contributed by atoms with van der Waals surface area (Å²) in [6.07, 6.45) is 3.53. The fourth-order valence-electron chi connectivity index (χ4n) is 1.83. The van der Waals surface area contributed by atoms with Crippen LogP contribution in [0.15, 0.2) is 35.2 Å². The minimum absolute atomic E-state index is 0.198. The topological polar surface area (TPSA) is 43.4 Å². The molecule has 1 aromatic rings. The Morgan fingerprint density at radius 3 is 3.11 bits per heavy atom. The van der Waals surface area contributed by atoms with Gasteiger partial charge in [0.2, 0.25) is 0 Å². The van der Waals surface area contributed by atoms with E-state index >= 15 is 0 Å². The lowest BCUT2D eigenvalue weighted by atomic mass is 10.1. The lowest BCUT2D eigenvalue weighted by molar-refractivity contribution is -0.137. The molecule has 0 bridgehead atoms. The minimum Gasteiger partial charge on any atom is -0.462 e. The summed E-state index contributed by atoms with van der Waals surface area (Å²) in [5.41, 5.74) is 1.73. The molecule has 0 spiro atoms. The molecule has 0 N–H and O–H groups in total. The SMILES string of the molecule is CCOC(=O)C1=CCC(c2cccc(C=O)c2)S1. The summed E-state index contributed by atoms with van der Waals surface area (Å²) < 4.78 is 4.97. The van der Waals surface area contributed by atoms with Crippen molar-refractivity contribution in [2.75, 3.05) is 6.61 Å². The van der Waals surface area contributed by atoms with Crippen LogP contribution in [0.2, 0.25) is 0 Å². The molecule has 0 aromatic heterocycles. The Hall–Kier alpha value is -1.55. The summed E-state index contributed by atoms with van der Waals surface area (Å²) in [7, 11) is 0. The molecule has 1 aliphatic heterocycles. The highest BCUT2D eigenvalue weighted by Gasteiger charge is 2.24. The van der Waals surface area contributed by atoms with Crippen LogP contribution in [0.3, 0.4) is 0 Å². The molecule has 0 radical (unpaired) electrons. The summed E-state index contributed by atoms with van der Waals surface area (Å²) >= 11 is 1.50. The van der Waals surface area contributed by atoms with Crippen molar-refractivity contribution in [2.45, 2.75) is 18.6 Å². The van der Waals surface area contributed by atoms with E-state index in [1.165, 1.54) is 11.8 Å². The molecule has 18 heavy (non-hydrogen) atoms. The standard InChI is InChI=1S/C14H14O3S/c1-2-17-14(16)13-7-6-12(18-13)11-5-3-4-10(8-11)9-15/h3-5,7-9,12H,2,6H2,1H3. The van der Waals surface area contributed by atoms with E-state index in [2.05, 4.69) is 0 Å². The maximum absolute atomic E-state index is 11.6. The Labute approximate surface area is 110 Å². The monoisotopic (exact) mass is 262 g/mol. The van der Waals surface area contributed by atoms with Crippen molar-refractivity contribution in [2.24, 2.45) is 0 Å². The molecule has 1 heterocycles. The molecule has 1 unspecified atom stereocenters. The van der Waals surface area contributed by atoms with E-state index in [-0.39, 0.29) is 11.2 Å². The summed E-state index contributed by atoms with van der Waals surface area (Å²) in [5.74, 6) is -0.253. The molecule has 3 nitrogen and oxygen atoms in total. The smallest absolute Gasteiger partial charge is 0.344 e. The van der Waals surface area contributed by atoms with E-state index in [0.29, 0.717) is 17.1 Å². The van der Waals surface area contributed by atoms with Gasteiger partial charge in [-0.2, -0.15) is 0 Å². The molecule has 0 fully saturated rings. The van der Waals surface area contributed by atoms with Crippen LogP contribution in [0.5, 0.6) is 0 Å². The summed E-state index contributed by atoms with van der Waals surface area (Å²) in [5, 5.41) is 0.198. The number of hydrogen-bond acceptors (Lipinski definition) is 4. The Bertz CT molecular complexity index is 494. The van der Waals surface area contributed by atoms with Gasteiger partial charge in [0.05, 0.1) is 11.5 Å². The van der Waals surface area contributed by atoms with Gasteiger partial charge in [-0.25, -0.2) is 4.79 Å². The summed E-state index contributed by atoms with van der Waals surface area (Å²) in [6.45, 7) is 2.19. The van der Waals surface area contributed by atoms with Crippen LogP contribution in [0.4, 0.5) is 0 Å². The first-order chi connectivity index (χ1) is 8.74. The molecule has 0 saturated heterocycles. The van der Waals surface area contributed by atoms with E-state index < -0.39 is 0 Å². The predicted octanol–water partition coefficient (Wildman–Crippen LogP) is 3.12. The molecule has 1 aliphatic rings. The van der Waals surface area contributed by atoms with Gasteiger partial charge >= 0.3 is 5.97 Å². The molecule has 4 heteroatoms. The van der Waals surface area contributed by atoms with Crippen molar-refractivity contribution in [1.29, 1.82) is 0 Å². The maximum Gasteiger partial charge on any atom is 0.344 e. The Morgan fingerprint density at radius 2 is 2.39 bits per heavy atom. The molecular formula is C14H14O3S. The third-order valence-electron chi connectivity index (χ3n) is 2.68. The summed E-state index contributed by atoms with van der Waals surface area (Å²) in [4.78, 5) is 23.0. The van der Waals surface area contributed by atoms with Crippen LogP contribution in [0.25, 0.3) is 0 Å². The third-order valence-corrected chi connectivity index (χ3v) is 4.02. The van der Waals surface area contributed by atoms with Gasteiger partial charge in [0.1, 0.15) is 6.29 Å². The molecule has 0 saturated carbocycles. The van der Waals surface area contributed by atoms with Crippen molar-refractivity contribution >= 4 is 24.0 Å². The largest absolute Gasteiger partial charge is 0.462 e. The molecule has 94 valence electrons. The number of carbonyl (C=O) groups is 2. The quantitative estimate of drug-likeness (QED) is 0.617. The number of rotatable bonds is 4. The molecular weight excluding hydrogens is 248 g/mol. The predicted molar refractivity (Wildman–Crippen MR) is 71.5 cm³/mol. The van der Waals surface area contributed by atoms with E-state index in [0.717, 1.165) is 18.3 Å². The zero-order chi connectivity index (χ0) is 13.0. The van der Waals surface area contributed by atoms with Gasteiger partial charge in [-0.05, 0) is 25.0 Å². The van der Waals surface area contributed by atoms with Gasteiger partial charge in [0.25, 0.3) is 0 Å². The van der Waals surface area contributed by atoms with Crippen LogP contribution in [0, 0.1) is 0 Å². The first-order valence-corrected chi connectivity index (χ1v) is 6.71. The first kappa shape index (κ1) is 12.9. The second-order valence-corrected chi connectivity index (χ2v) is 5.16. The fourth-order valence-corrected chi connectivity index (χ4v) is 2.96. The average Bonchev–Trinajstić information content (AvgIpc) is 2.89. The number of ether oxygens (including phenoxy) is 1. The van der Waals surface area contributed by atoms with E-state index in [9.17, 15) is 9.59 Å². The van der Waals surface area contributed by atoms with Gasteiger partial charge in [-0.1, -0.05) is 24.3 Å². The zero-order valence-corrected chi connectivity index (χ0v) is 10.9. The highest BCUT2D eigenvalue weighted by Crippen LogP contribution is 2.44. The minimum atomic E-state index is -0.253. The number of thioether (sulfide) groups is 1. The fraction of sp³-hybridized carbons (Fsp3) is 0.286.